The summed E-state index contributed by atoms with van der Waals surface area (Å²) in [4.78, 5) is 53.0. The van der Waals surface area contributed by atoms with Gasteiger partial charge in [-0.1, -0.05) is 17.3 Å². The average molecular weight is 500 g/mol. The monoisotopic (exact) mass is 499 g/mol. The average Bonchev–Trinajstić information content (AvgIpc) is 3.50. The van der Waals surface area contributed by atoms with E-state index in [9.17, 15) is 19.2 Å². The van der Waals surface area contributed by atoms with Crippen LogP contribution in [0.25, 0.3) is 10.2 Å². The molecule has 0 fully saturated rings. The number of aromatic amines is 1. The number of thiophene rings is 1. The summed E-state index contributed by atoms with van der Waals surface area (Å²) < 4.78 is 15.8. The minimum absolute atomic E-state index is 0.0646. The Labute approximate surface area is 201 Å². The number of benzene rings is 1. The van der Waals surface area contributed by atoms with Crippen LogP contribution in [0.3, 0.4) is 0 Å². The molecule has 1 atom stereocenters. The van der Waals surface area contributed by atoms with E-state index < -0.39 is 23.4 Å². The molecule has 3 aromatic heterocycles. The maximum absolute atomic E-state index is 13.1. The Bertz CT molecular complexity index is 1520. The highest BCUT2D eigenvalue weighted by Gasteiger charge is 2.22. The Morgan fingerprint density at radius 1 is 1.23 bits per heavy atom. The fourth-order valence-corrected chi connectivity index (χ4v) is 4.32. The molecule has 1 aromatic carbocycles. The van der Waals surface area contributed by atoms with Gasteiger partial charge in [-0.15, -0.1) is 11.3 Å². The van der Waals surface area contributed by atoms with E-state index in [1.807, 2.05) is 12.1 Å². The van der Waals surface area contributed by atoms with E-state index in [4.69, 9.17) is 9.26 Å². The first-order valence-corrected chi connectivity index (χ1v) is 11.1. The van der Waals surface area contributed by atoms with Crippen LogP contribution in [0.15, 0.2) is 50.5 Å². The molecule has 182 valence electrons. The van der Waals surface area contributed by atoms with Crippen molar-refractivity contribution in [3.8, 4) is 5.75 Å². The van der Waals surface area contributed by atoms with E-state index in [0.29, 0.717) is 5.75 Å². The van der Waals surface area contributed by atoms with Crippen molar-refractivity contribution in [2.24, 2.45) is 0 Å². The van der Waals surface area contributed by atoms with Gasteiger partial charge in [0.05, 0.1) is 30.5 Å². The van der Waals surface area contributed by atoms with Gasteiger partial charge in [0, 0.05) is 12.6 Å². The first kappa shape index (κ1) is 23.8. The topological polar surface area (TPSA) is 158 Å². The normalized spacial score (nSPS) is 11.7. The quantitative estimate of drug-likeness (QED) is 0.350. The van der Waals surface area contributed by atoms with Crippen LogP contribution in [0.5, 0.6) is 5.75 Å². The first-order valence-electron chi connectivity index (χ1n) is 10.3. The van der Waals surface area contributed by atoms with E-state index in [-0.39, 0.29) is 39.1 Å². The number of ether oxygens (including phenoxy) is 2. The second kappa shape index (κ2) is 9.85. The van der Waals surface area contributed by atoms with E-state index in [2.05, 4.69) is 25.5 Å². The van der Waals surface area contributed by atoms with Crippen molar-refractivity contribution in [1.82, 2.24) is 20.0 Å². The number of carbonyl (C=O) groups is 2. The summed E-state index contributed by atoms with van der Waals surface area (Å²) in [7, 11) is 2.76. The maximum Gasteiger partial charge on any atom is 0.412 e. The van der Waals surface area contributed by atoms with Gasteiger partial charge >= 0.3 is 11.8 Å². The Hall–Kier alpha value is -4.39. The number of nitrogens with one attached hydrogen (secondary N) is 3. The summed E-state index contributed by atoms with van der Waals surface area (Å²) in [6.07, 6.45) is -0.746. The third kappa shape index (κ3) is 4.94. The van der Waals surface area contributed by atoms with Crippen molar-refractivity contribution >= 4 is 39.4 Å². The molecule has 3 heterocycles. The van der Waals surface area contributed by atoms with Crippen molar-refractivity contribution in [3.63, 3.8) is 0 Å². The molecule has 3 N–H and O–H groups in total. The molecule has 0 aliphatic heterocycles. The molecule has 13 heteroatoms. The zero-order valence-corrected chi connectivity index (χ0v) is 19.7. The smallest absolute Gasteiger partial charge is 0.412 e. The summed E-state index contributed by atoms with van der Waals surface area (Å²) in [5.41, 5.74) is -0.436. The number of carbonyl (C=O) groups excluding carboxylic acids is 2. The summed E-state index contributed by atoms with van der Waals surface area (Å²) in [5, 5.41) is 8.99. The molecule has 0 spiro atoms. The SMILES string of the molecule is COC(=O)Nc1cc(C(C)n2c(=O)[nH]c3sc(C(=O)NCc4cccc(OC)c4)cc3c2=O)on1. The van der Waals surface area contributed by atoms with Crippen molar-refractivity contribution in [3.05, 3.63) is 73.4 Å². The van der Waals surface area contributed by atoms with E-state index in [1.165, 1.54) is 19.2 Å². The van der Waals surface area contributed by atoms with Crippen LogP contribution >= 0.6 is 11.3 Å². The lowest BCUT2D eigenvalue weighted by Gasteiger charge is -2.10. The van der Waals surface area contributed by atoms with Gasteiger partial charge in [0.25, 0.3) is 11.5 Å². The molecule has 2 amide bonds. The van der Waals surface area contributed by atoms with E-state index in [1.54, 1.807) is 26.2 Å². The number of H-pyrrole nitrogens is 1. The predicted octanol–water partition coefficient (Wildman–Crippen LogP) is 2.47. The number of fused-ring (bicyclic) bond motifs is 1. The molecule has 0 radical (unpaired) electrons. The first-order chi connectivity index (χ1) is 16.8. The third-order valence-corrected chi connectivity index (χ3v) is 6.22. The Morgan fingerprint density at radius 3 is 2.77 bits per heavy atom. The largest absolute Gasteiger partial charge is 0.497 e. The summed E-state index contributed by atoms with van der Waals surface area (Å²) in [6, 6.07) is 9.24. The fraction of sp³-hybridized carbons (Fsp3) is 0.227. The van der Waals surface area contributed by atoms with Crippen LogP contribution in [0, 0.1) is 0 Å². The van der Waals surface area contributed by atoms with Crippen LogP contribution in [0.4, 0.5) is 10.6 Å². The molecule has 35 heavy (non-hydrogen) atoms. The van der Waals surface area contributed by atoms with Gasteiger partial charge in [0.1, 0.15) is 10.6 Å². The molecular weight excluding hydrogens is 478 g/mol. The lowest BCUT2D eigenvalue weighted by atomic mass is 10.2. The molecule has 12 nitrogen and oxygen atoms in total. The van der Waals surface area contributed by atoms with Crippen molar-refractivity contribution in [2.75, 3.05) is 19.5 Å². The minimum atomic E-state index is -0.846. The number of nitrogens with zero attached hydrogens (tertiary/aromatic N) is 2. The number of hydrogen-bond donors (Lipinski definition) is 3. The minimum Gasteiger partial charge on any atom is -0.497 e. The van der Waals surface area contributed by atoms with Crippen LogP contribution in [-0.4, -0.2) is 40.9 Å². The highest BCUT2D eigenvalue weighted by molar-refractivity contribution is 7.20. The van der Waals surface area contributed by atoms with Crippen LogP contribution in [0.1, 0.15) is 34.0 Å². The van der Waals surface area contributed by atoms with Gasteiger partial charge in [-0.05, 0) is 30.7 Å². The van der Waals surface area contributed by atoms with Crippen molar-refractivity contribution in [1.29, 1.82) is 0 Å². The Balaban J connectivity index is 1.58. The van der Waals surface area contributed by atoms with Gasteiger partial charge in [-0.25, -0.2) is 14.2 Å². The molecule has 4 rings (SSSR count). The van der Waals surface area contributed by atoms with Crippen LogP contribution in [0.2, 0.25) is 0 Å². The Morgan fingerprint density at radius 2 is 2.03 bits per heavy atom. The summed E-state index contributed by atoms with van der Waals surface area (Å²) >= 11 is 1.00. The second-order valence-electron chi connectivity index (χ2n) is 7.40. The lowest BCUT2D eigenvalue weighted by molar-refractivity contribution is 0.0955. The van der Waals surface area contributed by atoms with Gasteiger partial charge in [0.15, 0.2) is 11.6 Å². The summed E-state index contributed by atoms with van der Waals surface area (Å²) in [5.74, 6) is 0.512. The number of amides is 2. The van der Waals surface area contributed by atoms with Crippen LogP contribution < -0.4 is 26.6 Å². The number of methoxy groups -OCH3 is 2. The highest BCUT2D eigenvalue weighted by Crippen LogP contribution is 2.23. The molecule has 0 aliphatic carbocycles. The standard InChI is InChI=1S/C22H21N5O7S/c1-11(15-9-17(26-34-15)24-22(31)33-3)27-20(29)14-8-16(35-19(14)25-21(27)30)18(28)23-10-12-5-4-6-13(7-12)32-2/h4-9,11H,10H2,1-3H3,(H,23,28)(H,25,30)(H,24,26,31). The van der Waals surface area contributed by atoms with Crippen LogP contribution in [-0.2, 0) is 11.3 Å². The molecule has 0 bridgehead atoms. The predicted molar refractivity (Wildman–Crippen MR) is 127 cm³/mol. The lowest BCUT2D eigenvalue weighted by Crippen LogP contribution is -2.37. The molecular formula is C22H21N5O7S. The van der Waals surface area contributed by atoms with E-state index >= 15 is 0 Å². The molecule has 4 aromatic rings. The number of aromatic nitrogens is 3. The number of anilines is 1. The maximum atomic E-state index is 13.1. The third-order valence-electron chi connectivity index (χ3n) is 5.17. The molecule has 1 unspecified atom stereocenters. The number of rotatable bonds is 7. The second-order valence-corrected chi connectivity index (χ2v) is 8.45. The molecule has 0 aliphatic rings. The molecule has 0 saturated carbocycles. The van der Waals surface area contributed by atoms with E-state index in [0.717, 1.165) is 21.5 Å². The summed E-state index contributed by atoms with van der Waals surface area (Å²) in [6.45, 7) is 1.83. The van der Waals surface area contributed by atoms with Crippen molar-refractivity contribution < 1.29 is 23.6 Å². The zero-order chi connectivity index (χ0) is 25.1. The van der Waals surface area contributed by atoms with Gasteiger partial charge in [-0.2, -0.15) is 0 Å². The van der Waals surface area contributed by atoms with Gasteiger partial charge in [0.2, 0.25) is 0 Å². The highest BCUT2D eigenvalue weighted by atomic mass is 32.1. The fourth-order valence-electron chi connectivity index (χ4n) is 3.37. The van der Waals surface area contributed by atoms with Gasteiger partial charge in [-0.3, -0.25) is 19.9 Å². The van der Waals surface area contributed by atoms with Crippen molar-refractivity contribution in [2.45, 2.75) is 19.5 Å². The Kier molecular flexibility index (Phi) is 6.68. The van der Waals surface area contributed by atoms with Gasteiger partial charge < -0.3 is 19.3 Å². The number of hydrogen-bond acceptors (Lipinski definition) is 9. The zero-order valence-electron chi connectivity index (χ0n) is 18.9. The molecule has 0 saturated heterocycles.